The molecule has 0 saturated carbocycles. The van der Waals surface area contributed by atoms with E-state index in [4.69, 9.17) is 25.8 Å². The number of non-ortho nitro benzene ring substituents is 1. The first kappa shape index (κ1) is 30.3. The number of nitro groups is 1. The minimum atomic E-state index is -1.33. The Morgan fingerprint density at radius 2 is 1.81 bits per heavy atom. The summed E-state index contributed by atoms with van der Waals surface area (Å²) in [5.41, 5.74) is 1.69. The zero-order valence-electron chi connectivity index (χ0n) is 21.8. The van der Waals surface area contributed by atoms with E-state index in [1.54, 1.807) is 30.3 Å². The van der Waals surface area contributed by atoms with Gasteiger partial charge in [-0.25, -0.2) is 4.79 Å². The molecule has 4 rings (SSSR count). The number of thioether (sulfide) groups is 1. The predicted molar refractivity (Wildman–Crippen MR) is 147 cm³/mol. The van der Waals surface area contributed by atoms with Crippen LogP contribution in [0.1, 0.15) is 24.2 Å². The number of ether oxygens (including phenoxy) is 3. The second kappa shape index (κ2) is 13.3. The van der Waals surface area contributed by atoms with E-state index in [9.17, 15) is 34.1 Å². The summed E-state index contributed by atoms with van der Waals surface area (Å²) in [5.74, 6) is -3.04. The molecule has 1 fully saturated rings. The van der Waals surface area contributed by atoms with Gasteiger partial charge in [0.1, 0.15) is 30.3 Å². The Kier molecular flexibility index (Phi) is 9.60. The molecule has 2 unspecified atom stereocenters. The highest BCUT2D eigenvalue weighted by molar-refractivity contribution is 8.04. The first-order valence-corrected chi connectivity index (χ1v) is 13.5. The highest BCUT2D eigenvalue weighted by Crippen LogP contribution is 2.47. The van der Waals surface area contributed by atoms with Crippen LogP contribution in [0, 0.1) is 10.1 Å². The molecule has 2 aromatic carbocycles. The van der Waals surface area contributed by atoms with Gasteiger partial charge in [0.05, 0.1) is 4.92 Å². The molecule has 218 valence electrons. The lowest BCUT2D eigenvalue weighted by molar-refractivity contribution is -0.384. The van der Waals surface area contributed by atoms with Gasteiger partial charge in [-0.3, -0.25) is 34.2 Å². The lowest BCUT2D eigenvalue weighted by Crippen LogP contribution is -2.70. The number of carbonyl (C=O) groups excluding carboxylic acids is 5. The maximum atomic E-state index is 13.4. The predicted octanol–water partition coefficient (Wildman–Crippen LogP) is 2.85. The van der Waals surface area contributed by atoms with Gasteiger partial charge in [0.15, 0.2) is 0 Å². The zero-order chi connectivity index (χ0) is 30.4. The molecule has 0 radical (unpaired) electrons. The van der Waals surface area contributed by atoms with Crippen LogP contribution in [-0.4, -0.2) is 58.1 Å². The summed E-state index contributed by atoms with van der Waals surface area (Å²) in [7, 11) is 0. The van der Waals surface area contributed by atoms with Gasteiger partial charge in [0.25, 0.3) is 24.0 Å². The number of hydrogen-bond donors (Lipinski definition) is 1. The summed E-state index contributed by atoms with van der Waals surface area (Å²) in [5, 5.41) is 12.6. The number of nitro benzene ring substituents is 1. The van der Waals surface area contributed by atoms with Crippen LogP contribution in [0.25, 0.3) is 0 Å². The Labute approximate surface area is 247 Å². The van der Waals surface area contributed by atoms with Crippen LogP contribution in [0.3, 0.4) is 0 Å². The quantitative estimate of drug-likeness (QED) is 0.0984. The van der Waals surface area contributed by atoms with Crippen molar-refractivity contribution in [3.05, 3.63) is 97.5 Å². The molecule has 13 nitrogen and oxygen atoms in total. The number of amides is 2. The number of nitrogens with zero attached hydrogens (tertiary/aromatic N) is 2. The fourth-order valence-corrected chi connectivity index (χ4v) is 5.71. The summed E-state index contributed by atoms with van der Waals surface area (Å²) in [4.78, 5) is 74.1. The average Bonchev–Trinajstić information content (AvgIpc) is 2.99. The number of fused-ring (bicyclic) bond motifs is 1. The standard InChI is InChI=1S/C27H22ClN3O10S/c1-15(33)39-13-19-20(11-28)42-26-21(29-24(34)23(41-14-32)17-5-3-2-4-6-17)25(35)30(26)22(19)27(36)40-12-16-7-9-18(10-8-16)31(37)38/h2-11,14,21,23,26H,12-13H2,1H3,(H,29,34)/t21?,23?,26-/m1/s1. The Morgan fingerprint density at radius 3 is 2.40 bits per heavy atom. The van der Waals surface area contributed by atoms with E-state index >= 15 is 0 Å². The van der Waals surface area contributed by atoms with Gasteiger partial charge < -0.3 is 19.5 Å². The van der Waals surface area contributed by atoms with Crippen LogP contribution in [0.4, 0.5) is 5.69 Å². The Hall–Kier alpha value is -4.69. The number of β-lactam (4-membered cyclic amide) rings is 1. The molecule has 2 heterocycles. The number of benzene rings is 2. The third kappa shape index (κ3) is 6.44. The lowest BCUT2D eigenvalue weighted by atomic mass is 10.0. The molecular formula is C27H22ClN3O10S. The van der Waals surface area contributed by atoms with E-state index in [1.807, 2.05) is 0 Å². The highest BCUT2D eigenvalue weighted by atomic mass is 35.5. The van der Waals surface area contributed by atoms with Crippen LogP contribution >= 0.6 is 23.4 Å². The topological polar surface area (TPSA) is 171 Å². The van der Waals surface area contributed by atoms with Crippen molar-refractivity contribution in [3.8, 4) is 0 Å². The van der Waals surface area contributed by atoms with Gasteiger partial charge in [-0.2, -0.15) is 0 Å². The van der Waals surface area contributed by atoms with E-state index in [2.05, 4.69) is 5.32 Å². The number of halogens is 1. The molecule has 2 aliphatic rings. The molecule has 2 aromatic rings. The Balaban J connectivity index is 1.58. The van der Waals surface area contributed by atoms with Gasteiger partial charge in [0.2, 0.25) is 6.10 Å². The fraction of sp³-hybridized carbons (Fsp3) is 0.222. The number of nitrogens with one attached hydrogen (secondary N) is 1. The molecular weight excluding hydrogens is 594 g/mol. The van der Waals surface area contributed by atoms with Gasteiger partial charge in [0, 0.05) is 40.6 Å². The molecule has 2 aliphatic heterocycles. The van der Waals surface area contributed by atoms with E-state index < -0.39 is 52.8 Å². The normalized spacial score (nSPS) is 19.2. The van der Waals surface area contributed by atoms with E-state index in [0.29, 0.717) is 11.1 Å². The molecule has 0 spiro atoms. The molecule has 0 bridgehead atoms. The van der Waals surface area contributed by atoms with Gasteiger partial charge >= 0.3 is 11.9 Å². The molecule has 0 aliphatic carbocycles. The van der Waals surface area contributed by atoms with Crippen molar-refractivity contribution in [1.29, 1.82) is 0 Å². The molecule has 0 aromatic heterocycles. The third-order valence-corrected chi connectivity index (χ3v) is 7.86. The SMILES string of the molecule is CC(=O)OCC1=C(C(=O)OCc2ccc([N+](=O)[O-])cc2)N2C(=O)C(NC(=O)C(OC=O)c3ccccc3)[C@H]2SC1=CCl. The highest BCUT2D eigenvalue weighted by Gasteiger charge is 2.56. The van der Waals surface area contributed by atoms with Crippen molar-refractivity contribution < 1.29 is 43.1 Å². The van der Waals surface area contributed by atoms with Crippen molar-refractivity contribution in [2.45, 2.75) is 31.1 Å². The summed E-state index contributed by atoms with van der Waals surface area (Å²) in [6.07, 6.45) is -1.33. The summed E-state index contributed by atoms with van der Waals surface area (Å²) < 4.78 is 15.5. The summed E-state index contributed by atoms with van der Waals surface area (Å²) >= 11 is 7.10. The van der Waals surface area contributed by atoms with Crippen molar-refractivity contribution in [1.82, 2.24) is 10.2 Å². The maximum absolute atomic E-state index is 13.4. The Morgan fingerprint density at radius 1 is 1.12 bits per heavy atom. The first-order chi connectivity index (χ1) is 20.2. The monoisotopic (exact) mass is 615 g/mol. The molecule has 1 saturated heterocycles. The largest absolute Gasteiger partial charge is 0.461 e. The van der Waals surface area contributed by atoms with Crippen molar-refractivity contribution in [3.63, 3.8) is 0 Å². The van der Waals surface area contributed by atoms with Crippen LogP contribution in [0.15, 0.2) is 76.3 Å². The number of carbonyl (C=O) groups is 5. The van der Waals surface area contributed by atoms with E-state index in [1.165, 1.54) is 31.2 Å². The van der Waals surface area contributed by atoms with Crippen LogP contribution < -0.4 is 5.32 Å². The molecule has 3 atom stereocenters. The minimum absolute atomic E-state index is 0.111. The van der Waals surface area contributed by atoms with Gasteiger partial charge in [-0.15, -0.1) is 0 Å². The van der Waals surface area contributed by atoms with Gasteiger partial charge in [-0.1, -0.05) is 53.7 Å². The zero-order valence-corrected chi connectivity index (χ0v) is 23.3. The van der Waals surface area contributed by atoms with E-state index in [0.717, 1.165) is 22.2 Å². The molecule has 42 heavy (non-hydrogen) atoms. The number of esters is 2. The molecule has 1 N–H and O–H groups in total. The van der Waals surface area contributed by atoms with Crippen molar-refractivity contribution in [2.75, 3.05) is 6.61 Å². The molecule has 2 amide bonds. The number of hydrogen-bond acceptors (Lipinski definition) is 11. The lowest BCUT2D eigenvalue weighted by Gasteiger charge is -2.50. The summed E-state index contributed by atoms with van der Waals surface area (Å²) in [6.45, 7) is 0.600. The van der Waals surface area contributed by atoms with E-state index in [-0.39, 0.29) is 34.9 Å². The van der Waals surface area contributed by atoms with Crippen LogP contribution in [0.2, 0.25) is 0 Å². The Bertz CT molecular complexity index is 1480. The smallest absolute Gasteiger partial charge is 0.355 e. The first-order valence-electron chi connectivity index (χ1n) is 12.2. The van der Waals surface area contributed by atoms with Crippen LogP contribution in [-0.2, 0) is 44.8 Å². The second-order valence-corrected chi connectivity index (χ2v) is 10.2. The maximum Gasteiger partial charge on any atom is 0.355 e. The van der Waals surface area contributed by atoms with Gasteiger partial charge in [-0.05, 0) is 17.7 Å². The number of rotatable bonds is 11. The van der Waals surface area contributed by atoms with Crippen LogP contribution in [0.5, 0.6) is 0 Å². The third-order valence-electron chi connectivity index (χ3n) is 6.17. The second-order valence-electron chi connectivity index (χ2n) is 8.81. The average molecular weight is 616 g/mol. The van der Waals surface area contributed by atoms with Crippen molar-refractivity contribution >= 4 is 59.3 Å². The minimum Gasteiger partial charge on any atom is -0.461 e. The fourth-order valence-electron chi connectivity index (χ4n) is 4.18. The summed E-state index contributed by atoms with van der Waals surface area (Å²) in [6, 6.07) is 12.4. The van der Waals surface area contributed by atoms with Crippen molar-refractivity contribution in [2.24, 2.45) is 0 Å². The molecule has 15 heteroatoms.